The number of thiazole rings is 1. The molecule has 3 heterocycles. The summed E-state index contributed by atoms with van der Waals surface area (Å²) in [6.45, 7) is 0.576. The number of benzene rings is 1. The van der Waals surface area contributed by atoms with E-state index in [-0.39, 0.29) is 0 Å². The van der Waals surface area contributed by atoms with Crippen LogP contribution < -0.4 is 5.73 Å². The summed E-state index contributed by atoms with van der Waals surface area (Å²) in [6, 6.07) is 8.36. The van der Waals surface area contributed by atoms with Crippen LogP contribution in [0.2, 0.25) is 0 Å². The number of ether oxygens (including phenoxy) is 1. The van der Waals surface area contributed by atoms with Crippen LogP contribution in [0.15, 0.2) is 29.6 Å². The van der Waals surface area contributed by atoms with Gasteiger partial charge in [0, 0.05) is 23.4 Å². The average Bonchev–Trinajstić information content (AvgIpc) is 3.22. The van der Waals surface area contributed by atoms with Crippen LogP contribution in [0, 0.1) is 0 Å². The van der Waals surface area contributed by atoms with Crippen molar-refractivity contribution in [2.24, 2.45) is 5.73 Å². The standard InChI is InChI=1S/C16H18N2OS/c17-8-10-2-1-3-11(6-10)16-18-14(9-20-16)13-7-12-4-5-15(13)19-12/h1-3,6,9,12-13,15H,4-5,7-8,17H2. The quantitative estimate of drug-likeness (QED) is 0.941. The van der Waals surface area contributed by atoms with Crippen LogP contribution in [0.5, 0.6) is 0 Å². The molecule has 2 aliphatic rings. The molecule has 0 amide bonds. The van der Waals surface area contributed by atoms with Gasteiger partial charge in [0.05, 0.1) is 17.9 Å². The van der Waals surface area contributed by atoms with E-state index in [9.17, 15) is 0 Å². The van der Waals surface area contributed by atoms with Gasteiger partial charge in [-0.2, -0.15) is 0 Å². The van der Waals surface area contributed by atoms with Crippen molar-refractivity contribution < 1.29 is 4.74 Å². The van der Waals surface area contributed by atoms with Gasteiger partial charge in [-0.3, -0.25) is 0 Å². The van der Waals surface area contributed by atoms with Gasteiger partial charge < -0.3 is 10.5 Å². The van der Waals surface area contributed by atoms with Crippen molar-refractivity contribution in [3.05, 3.63) is 40.9 Å². The zero-order chi connectivity index (χ0) is 13.5. The molecule has 3 unspecified atom stereocenters. The van der Waals surface area contributed by atoms with Gasteiger partial charge in [0.25, 0.3) is 0 Å². The highest BCUT2D eigenvalue weighted by Crippen LogP contribution is 2.45. The number of fused-ring (bicyclic) bond motifs is 2. The molecule has 0 saturated carbocycles. The normalized spacial score (nSPS) is 28.1. The Morgan fingerprint density at radius 3 is 3.05 bits per heavy atom. The lowest BCUT2D eigenvalue weighted by atomic mass is 9.87. The summed E-state index contributed by atoms with van der Waals surface area (Å²) < 4.78 is 5.94. The number of rotatable bonds is 3. The van der Waals surface area contributed by atoms with E-state index in [0.29, 0.717) is 24.7 Å². The molecular formula is C16H18N2OS. The summed E-state index contributed by atoms with van der Waals surface area (Å²) in [7, 11) is 0. The molecule has 1 aromatic heterocycles. The Morgan fingerprint density at radius 2 is 2.30 bits per heavy atom. The van der Waals surface area contributed by atoms with Gasteiger partial charge >= 0.3 is 0 Å². The second-order valence-electron chi connectivity index (χ2n) is 5.70. The molecule has 0 spiro atoms. The van der Waals surface area contributed by atoms with Gasteiger partial charge in [-0.1, -0.05) is 18.2 Å². The summed E-state index contributed by atoms with van der Waals surface area (Å²) in [4.78, 5) is 4.85. The van der Waals surface area contributed by atoms with E-state index in [1.54, 1.807) is 11.3 Å². The third-order valence-corrected chi connectivity index (χ3v) is 5.33. The van der Waals surface area contributed by atoms with E-state index >= 15 is 0 Å². The first-order valence-corrected chi connectivity index (χ1v) is 8.11. The van der Waals surface area contributed by atoms with Crippen molar-refractivity contribution in [1.82, 2.24) is 4.98 Å². The van der Waals surface area contributed by atoms with Crippen molar-refractivity contribution in [3.8, 4) is 10.6 Å². The fraction of sp³-hybridized carbons (Fsp3) is 0.438. The van der Waals surface area contributed by atoms with Gasteiger partial charge in [0.2, 0.25) is 0 Å². The fourth-order valence-electron chi connectivity index (χ4n) is 3.37. The molecule has 0 aliphatic carbocycles. The first kappa shape index (κ1) is 12.5. The highest BCUT2D eigenvalue weighted by Gasteiger charge is 2.42. The van der Waals surface area contributed by atoms with E-state index in [1.807, 2.05) is 0 Å². The number of hydrogen-bond acceptors (Lipinski definition) is 4. The lowest BCUT2D eigenvalue weighted by molar-refractivity contribution is 0.100. The molecule has 4 heteroatoms. The smallest absolute Gasteiger partial charge is 0.123 e. The second kappa shape index (κ2) is 4.95. The molecule has 2 fully saturated rings. The van der Waals surface area contributed by atoms with E-state index in [4.69, 9.17) is 15.5 Å². The Kier molecular flexibility index (Phi) is 3.10. The van der Waals surface area contributed by atoms with Gasteiger partial charge in [-0.15, -0.1) is 11.3 Å². The van der Waals surface area contributed by atoms with Crippen molar-refractivity contribution in [3.63, 3.8) is 0 Å². The number of nitrogens with two attached hydrogens (primary N) is 1. The highest BCUT2D eigenvalue weighted by molar-refractivity contribution is 7.13. The fourth-order valence-corrected chi connectivity index (χ4v) is 4.25. The Labute approximate surface area is 122 Å². The zero-order valence-corrected chi connectivity index (χ0v) is 12.1. The monoisotopic (exact) mass is 286 g/mol. The molecule has 3 nitrogen and oxygen atoms in total. The van der Waals surface area contributed by atoms with Crippen LogP contribution in [0.3, 0.4) is 0 Å². The molecule has 2 aromatic rings. The third-order valence-electron chi connectivity index (χ3n) is 4.42. The lowest BCUT2D eigenvalue weighted by Gasteiger charge is -2.15. The molecule has 3 atom stereocenters. The maximum atomic E-state index is 5.94. The largest absolute Gasteiger partial charge is 0.374 e. The first-order valence-electron chi connectivity index (χ1n) is 7.24. The minimum absolute atomic E-state index is 0.408. The van der Waals surface area contributed by atoms with Crippen LogP contribution in [-0.4, -0.2) is 17.2 Å². The predicted molar refractivity (Wildman–Crippen MR) is 80.7 cm³/mol. The summed E-state index contributed by atoms with van der Waals surface area (Å²) in [5, 5.41) is 3.30. The van der Waals surface area contributed by atoms with Crippen LogP contribution in [0.1, 0.15) is 36.4 Å². The highest BCUT2D eigenvalue weighted by atomic mass is 32.1. The third kappa shape index (κ3) is 2.08. The Hall–Kier alpha value is -1.23. The maximum absolute atomic E-state index is 5.94. The first-order chi connectivity index (χ1) is 9.83. The van der Waals surface area contributed by atoms with E-state index in [2.05, 4.69) is 29.6 Å². The van der Waals surface area contributed by atoms with Crippen LogP contribution in [0.4, 0.5) is 0 Å². The molecule has 0 radical (unpaired) electrons. The number of aromatic nitrogens is 1. The maximum Gasteiger partial charge on any atom is 0.123 e. The van der Waals surface area contributed by atoms with Gasteiger partial charge in [-0.05, 0) is 30.9 Å². The van der Waals surface area contributed by atoms with Gasteiger partial charge in [0.1, 0.15) is 5.01 Å². The molecule has 2 bridgehead atoms. The molecular weight excluding hydrogens is 268 g/mol. The number of nitrogens with zero attached hydrogens (tertiary/aromatic N) is 1. The van der Waals surface area contributed by atoms with Crippen molar-refractivity contribution in [1.29, 1.82) is 0 Å². The topological polar surface area (TPSA) is 48.1 Å². The minimum Gasteiger partial charge on any atom is -0.374 e. The Bertz CT molecular complexity index is 624. The van der Waals surface area contributed by atoms with Crippen LogP contribution in [0.25, 0.3) is 10.6 Å². The van der Waals surface area contributed by atoms with E-state index in [1.165, 1.54) is 24.1 Å². The van der Waals surface area contributed by atoms with Crippen LogP contribution in [-0.2, 0) is 11.3 Å². The number of hydrogen-bond donors (Lipinski definition) is 1. The van der Waals surface area contributed by atoms with E-state index in [0.717, 1.165) is 17.0 Å². The SMILES string of the molecule is NCc1cccc(-c2nc(C3CC4CCC3O4)cs2)c1. The molecule has 2 N–H and O–H groups in total. The van der Waals surface area contributed by atoms with Crippen molar-refractivity contribution in [2.45, 2.75) is 43.9 Å². The molecule has 2 aliphatic heterocycles. The summed E-state index contributed by atoms with van der Waals surface area (Å²) in [5.41, 5.74) is 9.26. The van der Waals surface area contributed by atoms with Gasteiger partial charge in [0.15, 0.2) is 0 Å². The predicted octanol–water partition coefficient (Wildman–Crippen LogP) is 3.30. The Morgan fingerprint density at radius 1 is 1.35 bits per heavy atom. The van der Waals surface area contributed by atoms with Crippen LogP contribution >= 0.6 is 11.3 Å². The van der Waals surface area contributed by atoms with E-state index < -0.39 is 0 Å². The zero-order valence-electron chi connectivity index (χ0n) is 11.3. The molecule has 104 valence electrons. The molecule has 4 rings (SSSR count). The van der Waals surface area contributed by atoms with Crippen molar-refractivity contribution >= 4 is 11.3 Å². The molecule has 20 heavy (non-hydrogen) atoms. The van der Waals surface area contributed by atoms with Gasteiger partial charge in [-0.25, -0.2) is 4.98 Å². The average molecular weight is 286 g/mol. The molecule has 1 aromatic carbocycles. The lowest BCUT2D eigenvalue weighted by Crippen LogP contribution is -2.14. The minimum atomic E-state index is 0.408. The van der Waals surface area contributed by atoms with Crippen molar-refractivity contribution in [2.75, 3.05) is 0 Å². The summed E-state index contributed by atoms with van der Waals surface area (Å²) >= 11 is 1.73. The summed E-state index contributed by atoms with van der Waals surface area (Å²) in [6.07, 6.45) is 4.47. The second-order valence-corrected chi connectivity index (χ2v) is 6.56. The Balaban J connectivity index is 1.61. The summed E-state index contributed by atoms with van der Waals surface area (Å²) in [5.74, 6) is 0.511. The molecule has 2 saturated heterocycles.